The Balaban J connectivity index is 1.13. The first-order valence-electron chi connectivity index (χ1n) is 12.5. The molecule has 3 aliphatic heterocycles. The molecule has 0 unspecified atom stereocenters. The number of anilines is 1. The maximum Gasteiger partial charge on any atom is 0.255 e. The van der Waals surface area contributed by atoms with Crippen molar-refractivity contribution in [2.24, 2.45) is 0 Å². The van der Waals surface area contributed by atoms with Crippen molar-refractivity contribution in [3.63, 3.8) is 0 Å². The van der Waals surface area contributed by atoms with E-state index < -0.39 is 12.2 Å². The zero-order valence-electron chi connectivity index (χ0n) is 20.5. The van der Waals surface area contributed by atoms with Crippen LogP contribution in [0.15, 0.2) is 60.8 Å². The number of hydrogen-bond acceptors (Lipinski definition) is 8. The number of carbonyl (C=O) groups excluding carboxylic acids is 2. The fraction of sp³-hybridized carbons (Fsp3) is 0.321. The smallest absolute Gasteiger partial charge is 0.255 e. The number of aromatic nitrogens is 1. The molecule has 1 fully saturated rings. The van der Waals surface area contributed by atoms with Crippen molar-refractivity contribution < 1.29 is 33.6 Å². The van der Waals surface area contributed by atoms with Crippen molar-refractivity contribution in [3.05, 3.63) is 77.6 Å². The number of benzene rings is 2. The van der Waals surface area contributed by atoms with Crippen LogP contribution in [0.4, 0.5) is 5.69 Å². The summed E-state index contributed by atoms with van der Waals surface area (Å²) < 4.78 is 22.9. The van der Waals surface area contributed by atoms with Crippen LogP contribution in [-0.4, -0.2) is 53.6 Å². The topological polar surface area (TPSA) is 128 Å². The maximum atomic E-state index is 12.9. The fourth-order valence-corrected chi connectivity index (χ4v) is 5.18. The van der Waals surface area contributed by atoms with Gasteiger partial charge in [-0.15, -0.1) is 0 Å². The Morgan fingerprint density at radius 3 is 2.74 bits per heavy atom. The van der Waals surface area contributed by atoms with Gasteiger partial charge in [-0.2, -0.15) is 0 Å². The lowest BCUT2D eigenvalue weighted by Crippen LogP contribution is -2.47. The Morgan fingerprint density at radius 1 is 1.03 bits per heavy atom. The van der Waals surface area contributed by atoms with E-state index in [0.717, 1.165) is 11.3 Å². The molecule has 3 aromatic rings. The molecule has 0 radical (unpaired) electrons. The lowest BCUT2D eigenvalue weighted by atomic mass is 9.84. The monoisotopic (exact) mass is 517 g/mol. The van der Waals surface area contributed by atoms with Gasteiger partial charge in [0.25, 0.3) is 5.91 Å². The van der Waals surface area contributed by atoms with Crippen LogP contribution in [0.25, 0.3) is 0 Å². The van der Waals surface area contributed by atoms with Crippen LogP contribution in [0.5, 0.6) is 17.2 Å². The van der Waals surface area contributed by atoms with Gasteiger partial charge in [0.1, 0.15) is 18.0 Å². The van der Waals surface area contributed by atoms with Gasteiger partial charge < -0.3 is 34.7 Å². The quantitative estimate of drug-likeness (QED) is 0.437. The Morgan fingerprint density at radius 2 is 1.89 bits per heavy atom. The van der Waals surface area contributed by atoms with E-state index in [2.05, 4.69) is 15.6 Å². The minimum Gasteiger partial charge on any atom is -0.487 e. The van der Waals surface area contributed by atoms with E-state index in [1.165, 1.54) is 0 Å². The Bertz CT molecular complexity index is 1350. The summed E-state index contributed by atoms with van der Waals surface area (Å²) in [6.07, 6.45) is 1.05. The van der Waals surface area contributed by atoms with E-state index >= 15 is 0 Å². The summed E-state index contributed by atoms with van der Waals surface area (Å²) in [6, 6.07) is 16.1. The van der Waals surface area contributed by atoms with Crippen molar-refractivity contribution in [1.29, 1.82) is 0 Å². The Hall–Kier alpha value is -4.15. The number of nitrogens with one attached hydrogen (secondary N) is 2. The zero-order chi connectivity index (χ0) is 26.1. The van der Waals surface area contributed by atoms with Crippen LogP contribution < -0.4 is 24.8 Å². The number of fused-ring (bicyclic) bond motifs is 4. The van der Waals surface area contributed by atoms with Crippen molar-refractivity contribution in [2.45, 2.75) is 43.6 Å². The first kappa shape index (κ1) is 24.2. The summed E-state index contributed by atoms with van der Waals surface area (Å²) in [7, 11) is 0. The van der Waals surface area contributed by atoms with Gasteiger partial charge in [-0.25, -0.2) is 0 Å². The average Bonchev–Trinajstić information content (AvgIpc) is 3.56. The third kappa shape index (κ3) is 4.88. The normalized spacial score (nSPS) is 22.7. The van der Waals surface area contributed by atoms with Crippen LogP contribution in [0.1, 0.15) is 40.4 Å². The molecule has 0 aliphatic carbocycles. The molecule has 4 heterocycles. The second-order valence-electron chi connectivity index (χ2n) is 9.48. The molecule has 3 N–H and O–H groups in total. The number of aliphatic hydroxyl groups is 1. The highest BCUT2D eigenvalue weighted by Gasteiger charge is 2.46. The van der Waals surface area contributed by atoms with E-state index in [1.54, 1.807) is 30.5 Å². The number of rotatable bonds is 7. The summed E-state index contributed by atoms with van der Waals surface area (Å²) in [5.74, 6) is 1.31. The van der Waals surface area contributed by atoms with Gasteiger partial charge in [-0.3, -0.25) is 14.6 Å². The van der Waals surface area contributed by atoms with E-state index in [0.29, 0.717) is 41.5 Å². The van der Waals surface area contributed by atoms with Crippen molar-refractivity contribution >= 4 is 17.5 Å². The molecular formula is C28H27N3O7. The average molecular weight is 518 g/mol. The maximum absolute atomic E-state index is 12.9. The van der Waals surface area contributed by atoms with Crippen LogP contribution in [0, 0.1) is 0 Å². The number of pyridine rings is 1. The molecule has 0 bridgehead atoms. The van der Waals surface area contributed by atoms with Gasteiger partial charge in [-0.05, 0) is 55.0 Å². The zero-order valence-corrected chi connectivity index (χ0v) is 20.5. The van der Waals surface area contributed by atoms with E-state index in [4.69, 9.17) is 18.9 Å². The molecule has 3 aliphatic rings. The van der Waals surface area contributed by atoms with Gasteiger partial charge in [0.15, 0.2) is 11.5 Å². The number of nitrogens with zero attached hydrogens (tertiary/aromatic N) is 1. The standard InChI is InChI=1S/C28H27N3O7/c32-14-25-27-21(11-19(37-25)12-26(33)30-13-18-3-1-2-8-29-18)20-10-17(5-7-22(20)38-27)31-28(34)16-4-6-23-24(9-16)36-15-35-23/h1-10,19,21,25,27,32H,11-15H2,(H,30,33)(H,31,34)/t19-,21-,25+,27+/m0/s1. The number of carbonyl (C=O) groups is 2. The molecule has 1 aromatic heterocycles. The largest absolute Gasteiger partial charge is 0.487 e. The molecule has 38 heavy (non-hydrogen) atoms. The highest BCUT2D eigenvalue weighted by molar-refractivity contribution is 6.04. The summed E-state index contributed by atoms with van der Waals surface area (Å²) in [4.78, 5) is 29.7. The van der Waals surface area contributed by atoms with Crippen LogP contribution in [-0.2, 0) is 16.1 Å². The lowest BCUT2D eigenvalue weighted by molar-refractivity contribution is -0.142. The third-order valence-electron chi connectivity index (χ3n) is 7.00. The highest BCUT2D eigenvalue weighted by Crippen LogP contribution is 2.47. The Kier molecular flexibility index (Phi) is 6.57. The van der Waals surface area contributed by atoms with Crippen molar-refractivity contribution in [3.8, 4) is 17.2 Å². The predicted octanol–water partition coefficient (Wildman–Crippen LogP) is 2.76. The minimum atomic E-state index is -0.568. The van der Waals surface area contributed by atoms with Crippen LogP contribution in [0.2, 0.25) is 0 Å². The summed E-state index contributed by atoms with van der Waals surface area (Å²) in [5.41, 5.74) is 2.76. The highest BCUT2D eigenvalue weighted by atomic mass is 16.7. The van der Waals surface area contributed by atoms with Crippen LogP contribution in [0.3, 0.4) is 0 Å². The molecule has 2 amide bonds. The van der Waals surface area contributed by atoms with Gasteiger partial charge in [0, 0.05) is 28.9 Å². The lowest BCUT2D eigenvalue weighted by Gasteiger charge is -2.37. The fourth-order valence-electron chi connectivity index (χ4n) is 5.18. The number of ether oxygens (including phenoxy) is 4. The van der Waals surface area contributed by atoms with Crippen molar-refractivity contribution in [1.82, 2.24) is 10.3 Å². The molecule has 1 saturated heterocycles. The molecule has 0 saturated carbocycles. The van der Waals surface area contributed by atoms with E-state index in [1.807, 2.05) is 30.3 Å². The minimum absolute atomic E-state index is 0.0908. The van der Waals surface area contributed by atoms with E-state index in [-0.39, 0.29) is 43.7 Å². The van der Waals surface area contributed by atoms with Gasteiger partial charge in [0.05, 0.1) is 31.4 Å². The van der Waals surface area contributed by atoms with Gasteiger partial charge >= 0.3 is 0 Å². The second-order valence-corrected chi connectivity index (χ2v) is 9.48. The third-order valence-corrected chi connectivity index (χ3v) is 7.00. The molecule has 196 valence electrons. The summed E-state index contributed by atoms with van der Waals surface area (Å²) >= 11 is 0. The van der Waals surface area contributed by atoms with Crippen LogP contribution >= 0.6 is 0 Å². The molecule has 0 spiro atoms. The first-order valence-corrected chi connectivity index (χ1v) is 12.5. The molecule has 6 rings (SSSR count). The number of amides is 2. The molecule has 10 heteroatoms. The first-order chi connectivity index (χ1) is 18.6. The van der Waals surface area contributed by atoms with Crippen molar-refractivity contribution in [2.75, 3.05) is 18.7 Å². The summed E-state index contributed by atoms with van der Waals surface area (Å²) in [5, 5.41) is 15.8. The summed E-state index contributed by atoms with van der Waals surface area (Å²) in [6.45, 7) is 0.244. The SMILES string of the molecule is O=C(C[C@@H]1C[C@H]2c3cc(NC(=O)c4ccc5c(c4)OCO5)ccc3O[C@H]2[C@@H](CO)O1)NCc1ccccn1. The Labute approximate surface area is 218 Å². The molecule has 10 nitrogen and oxygen atoms in total. The van der Waals surface area contributed by atoms with Gasteiger partial charge in [-0.1, -0.05) is 6.07 Å². The number of hydrogen-bond donors (Lipinski definition) is 3. The molecule has 2 aromatic carbocycles. The predicted molar refractivity (Wildman–Crippen MR) is 135 cm³/mol. The van der Waals surface area contributed by atoms with Gasteiger partial charge in [0.2, 0.25) is 12.7 Å². The van der Waals surface area contributed by atoms with E-state index in [9.17, 15) is 14.7 Å². The molecule has 4 atom stereocenters. The number of aliphatic hydroxyl groups excluding tert-OH is 1. The second kappa shape index (κ2) is 10.3. The molecular weight excluding hydrogens is 490 g/mol.